The Morgan fingerprint density at radius 1 is 1.43 bits per heavy atom. The maximum Gasteiger partial charge on any atom is 0.223 e. The number of H-pyrrole nitrogens is 1. The van der Waals surface area contributed by atoms with Crippen LogP contribution in [0, 0.1) is 13.8 Å². The molecule has 23 heavy (non-hydrogen) atoms. The number of rotatable bonds is 4. The van der Waals surface area contributed by atoms with Gasteiger partial charge < -0.3 is 14.6 Å². The molecule has 0 aliphatic carbocycles. The third kappa shape index (κ3) is 3.44. The summed E-state index contributed by atoms with van der Waals surface area (Å²) >= 11 is 0. The zero-order chi connectivity index (χ0) is 16.4. The van der Waals surface area contributed by atoms with Gasteiger partial charge in [0.1, 0.15) is 11.9 Å². The molecule has 124 valence electrons. The molecule has 2 aromatic rings. The Bertz CT molecular complexity index is 690. The Balaban J connectivity index is 1.57. The molecule has 7 nitrogen and oxygen atoms in total. The first-order chi connectivity index (χ1) is 11.0. The quantitative estimate of drug-likeness (QED) is 0.922. The van der Waals surface area contributed by atoms with E-state index in [0.717, 1.165) is 29.2 Å². The highest BCUT2D eigenvalue weighted by molar-refractivity contribution is 5.76. The minimum absolute atomic E-state index is 0.157. The van der Waals surface area contributed by atoms with Crippen LogP contribution in [0.4, 0.5) is 0 Å². The lowest BCUT2D eigenvalue weighted by molar-refractivity contribution is -0.139. The summed E-state index contributed by atoms with van der Waals surface area (Å²) in [5.74, 6) is 0.952. The van der Waals surface area contributed by atoms with Crippen LogP contribution in [-0.4, -0.2) is 50.3 Å². The average molecular weight is 317 g/mol. The summed E-state index contributed by atoms with van der Waals surface area (Å²) in [5.41, 5.74) is 3.25. The Hall–Kier alpha value is -2.15. The van der Waals surface area contributed by atoms with Gasteiger partial charge in [0.2, 0.25) is 5.91 Å². The molecule has 7 heteroatoms. The zero-order valence-electron chi connectivity index (χ0n) is 13.9. The number of nitrogens with zero attached hydrogens (tertiary/aromatic N) is 4. The molecule has 1 N–H and O–H groups in total. The van der Waals surface area contributed by atoms with Crippen LogP contribution in [0.5, 0.6) is 0 Å². The zero-order valence-corrected chi connectivity index (χ0v) is 13.9. The van der Waals surface area contributed by atoms with Crippen LogP contribution in [0.25, 0.3) is 0 Å². The van der Waals surface area contributed by atoms with E-state index in [1.807, 2.05) is 36.7 Å². The highest BCUT2D eigenvalue weighted by Gasteiger charge is 2.27. The molecule has 1 saturated heterocycles. The summed E-state index contributed by atoms with van der Waals surface area (Å²) in [4.78, 5) is 21.9. The first-order valence-electron chi connectivity index (χ1n) is 7.93. The summed E-state index contributed by atoms with van der Waals surface area (Å²) in [6, 6.07) is 0. The molecule has 2 aromatic heterocycles. The Labute approximate surface area is 135 Å². The van der Waals surface area contributed by atoms with E-state index in [9.17, 15) is 4.79 Å². The number of aromatic nitrogens is 4. The van der Waals surface area contributed by atoms with E-state index in [1.54, 1.807) is 6.20 Å². The molecule has 1 amide bonds. The molecule has 0 spiro atoms. The lowest BCUT2D eigenvalue weighted by atomic mass is 10.1. The van der Waals surface area contributed by atoms with Crippen LogP contribution in [0.1, 0.15) is 35.3 Å². The van der Waals surface area contributed by atoms with Crippen LogP contribution >= 0.6 is 0 Å². The molecule has 3 heterocycles. The van der Waals surface area contributed by atoms with Crippen molar-refractivity contribution >= 4 is 5.91 Å². The van der Waals surface area contributed by atoms with Crippen molar-refractivity contribution in [3.8, 4) is 0 Å². The summed E-state index contributed by atoms with van der Waals surface area (Å²) in [6.45, 7) is 5.72. The van der Waals surface area contributed by atoms with Crippen molar-refractivity contribution in [3.63, 3.8) is 0 Å². The van der Waals surface area contributed by atoms with Crippen molar-refractivity contribution in [1.29, 1.82) is 0 Å². The molecule has 1 atom stereocenters. The molecule has 1 aliphatic rings. The van der Waals surface area contributed by atoms with Crippen molar-refractivity contribution in [2.45, 2.75) is 32.8 Å². The van der Waals surface area contributed by atoms with Crippen LogP contribution in [-0.2, 0) is 23.0 Å². The fourth-order valence-electron chi connectivity index (χ4n) is 2.83. The molecular formula is C16H23N5O2. The number of imidazole rings is 1. The second kappa shape index (κ2) is 6.54. The molecular weight excluding hydrogens is 294 g/mol. The van der Waals surface area contributed by atoms with Crippen molar-refractivity contribution in [2.24, 2.45) is 7.05 Å². The van der Waals surface area contributed by atoms with Crippen LogP contribution < -0.4 is 0 Å². The van der Waals surface area contributed by atoms with Gasteiger partial charge in [0, 0.05) is 37.6 Å². The lowest BCUT2D eigenvalue weighted by Gasteiger charge is -2.32. The van der Waals surface area contributed by atoms with Gasteiger partial charge in [-0.15, -0.1) is 0 Å². The Morgan fingerprint density at radius 2 is 2.26 bits per heavy atom. The van der Waals surface area contributed by atoms with E-state index < -0.39 is 0 Å². The highest BCUT2D eigenvalue weighted by Crippen LogP contribution is 2.20. The third-order valence-corrected chi connectivity index (χ3v) is 4.39. The highest BCUT2D eigenvalue weighted by atomic mass is 16.5. The maximum absolute atomic E-state index is 12.5. The maximum atomic E-state index is 12.5. The number of carbonyl (C=O) groups is 1. The number of amides is 1. The first kappa shape index (κ1) is 15.7. The minimum Gasteiger partial charge on any atom is -0.367 e. The number of aryl methyl sites for hydroxylation is 3. The van der Waals surface area contributed by atoms with E-state index in [4.69, 9.17) is 4.74 Å². The van der Waals surface area contributed by atoms with Crippen molar-refractivity contribution < 1.29 is 9.53 Å². The molecule has 0 unspecified atom stereocenters. The van der Waals surface area contributed by atoms with E-state index >= 15 is 0 Å². The summed E-state index contributed by atoms with van der Waals surface area (Å²) in [7, 11) is 1.92. The smallest absolute Gasteiger partial charge is 0.223 e. The standard InChI is InChI=1S/C16H23N5O2/c1-11-8-17-16(19-11)14-10-21(6-7-23-14)15(22)5-4-13-9-18-20(3)12(13)2/h8-9,14H,4-7,10H2,1-3H3,(H,17,19)/t14-/m1/s1. The van der Waals surface area contributed by atoms with Gasteiger partial charge >= 0.3 is 0 Å². The van der Waals surface area contributed by atoms with Gasteiger partial charge in [0.15, 0.2) is 0 Å². The summed E-state index contributed by atoms with van der Waals surface area (Å²) in [6.07, 6.45) is 4.68. The average Bonchev–Trinajstić information content (AvgIpc) is 3.13. The van der Waals surface area contributed by atoms with E-state index in [0.29, 0.717) is 26.1 Å². The van der Waals surface area contributed by atoms with Gasteiger partial charge in [-0.2, -0.15) is 5.10 Å². The van der Waals surface area contributed by atoms with Crippen molar-refractivity contribution in [3.05, 3.63) is 35.2 Å². The van der Waals surface area contributed by atoms with E-state index in [1.165, 1.54) is 0 Å². The predicted molar refractivity (Wildman–Crippen MR) is 84.9 cm³/mol. The van der Waals surface area contributed by atoms with Gasteiger partial charge in [-0.3, -0.25) is 9.48 Å². The van der Waals surface area contributed by atoms with Gasteiger partial charge in [0.05, 0.1) is 19.3 Å². The van der Waals surface area contributed by atoms with Crippen LogP contribution in [0.2, 0.25) is 0 Å². The number of hydrogen-bond donors (Lipinski definition) is 1. The first-order valence-corrected chi connectivity index (χ1v) is 7.93. The number of nitrogens with one attached hydrogen (secondary N) is 1. The number of ether oxygens (including phenoxy) is 1. The number of morpholine rings is 1. The van der Waals surface area contributed by atoms with Crippen molar-refractivity contribution in [1.82, 2.24) is 24.6 Å². The molecule has 0 radical (unpaired) electrons. The number of aromatic amines is 1. The molecule has 3 rings (SSSR count). The molecule has 1 aliphatic heterocycles. The lowest BCUT2D eigenvalue weighted by Crippen LogP contribution is -2.42. The fourth-order valence-corrected chi connectivity index (χ4v) is 2.83. The normalized spacial score (nSPS) is 18.4. The van der Waals surface area contributed by atoms with Gasteiger partial charge in [0.25, 0.3) is 0 Å². The molecule has 0 bridgehead atoms. The third-order valence-electron chi connectivity index (χ3n) is 4.39. The van der Waals surface area contributed by atoms with Crippen LogP contribution in [0.15, 0.2) is 12.4 Å². The number of hydrogen-bond acceptors (Lipinski definition) is 4. The van der Waals surface area contributed by atoms with Gasteiger partial charge in [-0.25, -0.2) is 4.98 Å². The van der Waals surface area contributed by atoms with Crippen molar-refractivity contribution in [2.75, 3.05) is 19.7 Å². The topological polar surface area (TPSA) is 76.0 Å². The minimum atomic E-state index is -0.165. The Morgan fingerprint density at radius 3 is 2.91 bits per heavy atom. The number of carbonyl (C=O) groups excluding carboxylic acids is 1. The summed E-state index contributed by atoms with van der Waals surface area (Å²) < 4.78 is 7.58. The van der Waals surface area contributed by atoms with Crippen LogP contribution in [0.3, 0.4) is 0 Å². The molecule has 1 fully saturated rings. The monoisotopic (exact) mass is 317 g/mol. The molecule has 0 aromatic carbocycles. The second-order valence-electron chi connectivity index (χ2n) is 6.03. The van der Waals surface area contributed by atoms with E-state index in [-0.39, 0.29) is 12.0 Å². The van der Waals surface area contributed by atoms with Gasteiger partial charge in [-0.05, 0) is 25.8 Å². The fraction of sp³-hybridized carbons (Fsp3) is 0.562. The predicted octanol–water partition coefficient (Wildman–Crippen LogP) is 1.29. The van der Waals surface area contributed by atoms with Gasteiger partial charge in [-0.1, -0.05) is 0 Å². The summed E-state index contributed by atoms with van der Waals surface area (Å²) in [5, 5.41) is 4.22. The van der Waals surface area contributed by atoms with E-state index in [2.05, 4.69) is 15.1 Å². The SMILES string of the molecule is Cc1cnc([C@H]2CN(C(=O)CCc3cnn(C)c3C)CCO2)[nH]1. The largest absolute Gasteiger partial charge is 0.367 e. The molecule has 0 saturated carbocycles. The second-order valence-corrected chi connectivity index (χ2v) is 6.03. The Kier molecular flexibility index (Phi) is 4.47.